The first-order valence-corrected chi connectivity index (χ1v) is 11.1. The molecule has 1 atom stereocenters. The van der Waals surface area contributed by atoms with Gasteiger partial charge in [0, 0.05) is 32.1 Å². The minimum atomic E-state index is -0.858. The Bertz CT molecular complexity index is 1100. The van der Waals surface area contributed by atoms with Crippen LogP contribution in [-0.2, 0) is 4.74 Å². The number of nitrogens with zero attached hydrogens (tertiary/aromatic N) is 3. The predicted octanol–water partition coefficient (Wildman–Crippen LogP) is 5.14. The number of alkyl halides is 2. The van der Waals surface area contributed by atoms with Gasteiger partial charge in [0.2, 0.25) is 6.86 Å². The van der Waals surface area contributed by atoms with Crippen molar-refractivity contribution in [1.82, 2.24) is 9.78 Å². The second-order valence-electron chi connectivity index (χ2n) is 7.48. The van der Waals surface area contributed by atoms with Crippen molar-refractivity contribution in [3.05, 3.63) is 70.1 Å². The third kappa shape index (κ3) is 6.45. The van der Waals surface area contributed by atoms with E-state index in [1.807, 2.05) is 36.2 Å². The van der Waals surface area contributed by atoms with E-state index in [0.717, 1.165) is 24.4 Å². The lowest BCUT2D eigenvalue weighted by Crippen LogP contribution is -2.22. The van der Waals surface area contributed by atoms with E-state index in [2.05, 4.69) is 10.4 Å². The Morgan fingerprint density at radius 1 is 1.21 bits per heavy atom. The maximum Gasteiger partial charge on any atom is 0.292 e. The van der Waals surface area contributed by atoms with Crippen molar-refractivity contribution in [3.63, 3.8) is 0 Å². The number of hydrogen-bond donors (Lipinski definition) is 1. The summed E-state index contributed by atoms with van der Waals surface area (Å²) < 4.78 is 35.1. The zero-order valence-corrected chi connectivity index (χ0v) is 19.8. The molecule has 2 aromatic carbocycles. The van der Waals surface area contributed by atoms with Crippen LogP contribution in [0.15, 0.2) is 59.5 Å². The Labute approximate surface area is 201 Å². The van der Waals surface area contributed by atoms with Crippen molar-refractivity contribution >= 4 is 28.7 Å². The fourth-order valence-electron chi connectivity index (χ4n) is 3.29. The van der Waals surface area contributed by atoms with E-state index >= 15 is 0 Å². The normalized spacial score (nSPS) is 15.1. The summed E-state index contributed by atoms with van der Waals surface area (Å²) in [5.74, 6) is 0.470. The molecule has 1 saturated heterocycles. The van der Waals surface area contributed by atoms with Crippen LogP contribution >= 0.6 is 11.6 Å². The smallest absolute Gasteiger partial charge is 0.292 e. The number of aromatic nitrogens is 2. The van der Waals surface area contributed by atoms with Gasteiger partial charge in [-0.25, -0.2) is 8.78 Å². The molecule has 0 radical (unpaired) electrons. The number of rotatable bonds is 6. The van der Waals surface area contributed by atoms with Crippen molar-refractivity contribution in [2.45, 2.75) is 19.0 Å². The Kier molecular flexibility index (Phi) is 9.24. The minimum absolute atomic E-state index is 0.0873. The summed E-state index contributed by atoms with van der Waals surface area (Å²) in [6.45, 7) is 0.212. The van der Waals surface area contributed by atoms with E-state index in [-0.39, 0.29) is 5.02 Å². The van der Waals surface area contributed by atoms with Crippen molar-refractivity contribution in [2.24, 2.45) is 0 Å². The van der Waals surface area contributed by atoms with Crippen molar-refractivity contribution in [2.75, 3.05) is 44.4 Å². The summed E-state index contributed by atoms with van der Waals surface area (Å²) in [4.78, 5) is 14.3. The lowest BCUT2D eigenvalue weighted by atomic mass is 10.2. The molecule has 1 aromatic heterocycles. The van der Waals surface area contributed by atoms with E-state index < -0.39 is 18.6 Å². The molecule has 1 aliphatic heterocycles. The highest BCUT2D eigenvalue weighted by atomic mass is 35.5. The number of halogens is 3. The first-order chi connectivity index (χ1) is 16.4. The first-order valence-electron chi connectivity index (χ1n) is 10.7. The summed E-state index contributed by atoms with van der Waals surface area (Å²) in [6.07, 6.45) is 2.40. The zero-order chi connectivity index (χ0) is 24.5. The van der Waals surface area contributed by atoms with Crippen LogP contribution in [0.5, 0.6) is 5.75 Å². The van der Waals surface area contributed by atoms with E-state index in [1.165, 1.54) is 10.9 Å². The average molecular weight is 493 g/mol. The van der Waals surface area contributed by atoms with Gasteiger partial charge in [-0.05, 0) is 61.4 Å². The molecule has 182 valence electrons. The molecule has 34 heavy (non-hydrogen) atoms. The number of anilines is 3. The van der Waals surface area contributed by atoms with Gasteiger partial charge in [0.1, 0.15) is 16.9 Å². The van der Waals surface area contributed by atoms with Gasteiger partial charge in [-0.15, -0.1) is 0 Å². The van der Waals surface area contributed by atoms with E-state index in [9.17, 15) is 13.6 Å². The summed E-state index contributed by atoms with van der Waals surface area (Å²) in [7, 11) is 3.58. The van der Waals surface area contributed by atoms with Gasteiger partial charge < -0.3 is 19.7 Å². The third-order valence-corrected chi connectivity index (χ3v) is 5.59. The SMILES string of the molecule is CNc1cnn(-c2ccc(N(C)c3ccc(OCF)cc3)cc2)c(=O)c1Cl.FC1CCCOC1. The standard InChI is InChI=1S/C19H18ClFN4O2.C5H9FO/c1-22-17-11-23-25(19(26)18(17)20)15-5-3-13(4-6-15)24(2)14-7-9-16(10-8-14)27-12-21;6-5-2-1-3-7-4-5/h3-11,22H,12H2,1-2H3;5H,1-4H2. The van der Waals surface area contributed by atoms with Gasteiger partial charge in [0.15, 0.2) is 0 Å². The van der Waals surface area contributed by atoms with Crippen LogP contribution in [0, 0.1) is 0 Å². The fourth-order valence-corrected chi connectivity index (χ4v) is 3.51. The summed E-state index contributed by atoms with van der Waals surface area (Å²) in [5.41, 5.74) is 2.51. The molecular formula is C24H27ClF2N4O3. The Hall–Kier alpha value is -3.17. The van der Waals surface area contributed by atoms with E-state index in [1.54, 1.807) is 31.3 Å². The Morgan fingerprint density at radius 3 is 2.35 bits per heavy atom. The van der Waals surface area contributed by atoms with Crippen molar-refractivity contribution < 1.29 is 18.3 Å². The van der Waals surface area contributed by atoms with Crippen LogP contribution in [-0.4, -0.2) is 50.1 Å². The number of nitrogens with one attached hydrogen (secondary N) is 1. The van der Waals surface area contributed by atoms with Gasteiger partial charge in [-0.3, -0.25) is 4.79 Å². The van der Waals surface area contributed by atoms with Gasteiger partial charge in [0.05, 0.1) is 24.2 Å². The summed E-state index contributed by atoms with van der Waals surface area (Å²) in [5, 5.41) is 7.05. The predicted molar refractivity (Wildman–Crippen MR) is 130 cm³/mol. The van der Waals surface area contributed by atoms with E-state index in [4.69, 9.17) is 21.1 Å². The first kappa shape index (κ1) is 25.5. The molecule has 0 aliphatic carbocycles. The molecule has 7 nitrogen and oxygen atoms in total. The maximum atomic E-state index is 12.4. The molecule has 10 heteroatoms. The molecule has 1 fully saturated rings. The maximum absolute atomic E-state index is 12.4. The molecule has 0 bridgehead atoms. The van der Waals surface area contributed by atoms with Gasteiger partial charge in [0.25, 0.3) is 5.56 Å². The molecule has 1 unspecified atom stereocenters. The number of benzene rings is 2. The fraction of sp³-hybridized carbons (Fsp3) is 0.333. The summed E-state index contributed by atoms with van der Waals surface area (Å²) >= 11 is 6.07. The largest absolute Gasteiger partial charge is 0.463 e. The van der Waals surface area contributed by atoms with Crippen molar-refractivity contribution in [3.8, 4) is 11.4 Å². The molecule has 1 aliphatic rings. The second-order valence-corrected chi connectivity index (χ2v) is 7.85. The number of hydrogen-bond acceptors (Lipinski definition) is 6. The molecule has 0 spiro atoms. The number of ether oxygens (including phenoxy) is 2. The quantitative estimate of drug-likeness (QED) is 0.514. The molecular weight excluding hydrogens is 466 g/mol. The van der Waals surface area contributed by atoms with Crippen molar-refractivity contribution in [1.29, 1.82) is 0 Å². The van der Waals surface area contributed by atoms with Gasteiger partial charge >= 0.3 is 0 Å². The van der Waals surface area contributed by atoms with Crippen LogP contribution in [0.3, 0.4) is 0 Å². The molecule has 4 rings (SSSR count). The van der Waals surface area contributed by atoms with E-state index in [0.29, 0.717) is 30.2 Å². The lowest BCUT2D eigenvalue weighted by Gasteiger charge is -2.20. The van der Waals surface area contributed by atoms with Gasteiger partial charge in [-0.2, -0.15) is 9.78 Å². The van der Waals surface area contributed by atoms with Crippen LogP contribution in [0.2, 0.25) is 5.02 Å². The molecule has 1 N–H and O–H groups in total. The van der Waals surface area contributed by atoms with Crippen LogP contribution in [0.1, 0.15) is 12.8 Å². The molecule has 2 heterocycles. The molecule has 0 amide bonds. The average Bonchev–Trinajstić information content (AvgIpc) is 2.87. The lowest BCUT2D eigenvalue weighted by molar-refractivity contribution is 0.0366. The Morgan fingerprint density at radius 2 is 1.85 bits per heavy atom. The Balaban J connectivity index is 0.000000396. The third-order valence-electron chi connectivity index (χ3n) is 5.22. The summed E-state index contributed by atoms with van der Waals surface area (Å²) in [6, 6.07) is 14.4. The zero-order valence-electron chi connectivity index (χ0n) is 19.0. The second kappa shape index (κ2) is 12.3. The van der Waals surface area contributed by atoms with Crippen LogP contribution in [0.4, 0.5) is 25.8 Å². The van der Waals surface area contributed by atoms with Crippen LogP contribution in [0.25, 0.3) is 5.69 Å². The molecule has 0 saturated carbocycles. The highest BCUT2D eigenvalue weighted by Gasteiger charge is 2.11. The highest BCUT2D eigenvalue weighted by Crippen LogP contribution is 2.26. The highest BCUT2D eigenvalue weighted by molar-refractivity contribution is 6.32. The van der Waals surface area contributed by atoms with Gasteiger partial charge in [-0.1, -0.05) is 11.6 Å². The van der Waals surface area contributed by atoms with Crippen LogP contribution < -0.4 is 20.5 Å². The monoisotopic (exact) mass is 492 g/mol. The topological polar surface area (TPSA) is 68.6 Å². The minimum Gasteiger partial charge on any atom is -0.463 e. The molecule has 3 aromatic rings.